The van der Waals surface area contributed by atoms with Gasteiger partial charge in [0.05, 0.1) is 11.8 Å². The van der Waals surface area contributed by atoms with E-state index >= 15 is 0 Å². The van der Waals surface area contributed by atoms with Gasteiger partial charge in [-0.25, -0.2) is 0 Å². The van der Waals surface area contributed by atoms with Crippen molar-refractivity contribution in [3.63, 3.8) is 0 Å². The molecule has 0 heterocycles. The van der Waals surface area contributed by atoms with Gasteiger partial charge in [-0.2, -0.15) is 0 Å². The Morgan fingerprint density at radius 3 is 2.45 bits per heavy atom. The first kappa shape index (κ1) is 14.6. The smallest absolute Gasteiger partial charge is 0.307 e. The lowest BCUT2D eigenvalue weighted by atomic mass is 10.1. The Morgan fingerprint density at radius 2 is 1.95 bits per heavy atom. The van der Waals surface area contributed by atoms with Gasteiger partial charge in [-0.1, -0.05) is 37.3 Å². The van der Waals surface area contributed by atoms with Crippen LogP contribution in [0, 0.1) is 11.8 Å². The van der Waals surface area contributed by atoms with Crippen LogP contribution in [0.25, 0.3) is 0 Å². The van der Waals surface area contributed by atoms with E-state index in [1.54, 1.807) is 0 Å². The van der Waals surface area contributed by atoms with Crippen molar-refractivity contribution in [1.82, 2.24) is 4.90 Å². The van der Waals surface area contributed by atoms with E-state index < -0.39 is 11.9 Å². The van der Waals surface area contributed by atoms with Crippen molar-refractivity contribution in [3.8, 4) is 0 Å². The number of carbonyl (C=O) groups excluding carboxylic acids is 1. The van der Waals surface area contributed by atoms with E-state index in [4.69, 9.17) is 5.11 Å². The molecule has 1 aromatic rings. The highest BCUT2D eigenvalue weighted by Gasteiger charge is 2.50. The van der Waals surface area contributed by atoms with Gasteiger partial charge in [-0.15, -0.1) is 0 Å². The molecule has 20 heavy (non-hydrogen) atoms. The summed E-state index contributed by atoms with van der Waals surface area (Å²) in [6, 6.07) is 9.95. The van der Waals surface area contributed by atoms with E-state index in [2.05, 4.69) is 0 Å². The number of amides is 1. The minimum Gasteiger partial charge on any atom is -0.481 e. The fraction of sp³-hybridized carbons (Fsp3) is 0.500. The van der Waals surface area contributed by atoms with E-state index in [-0.39, 0.29) is 17.9 Å². The molecule has 0 bridgehead atoms. The van der Waals surface area contributed by atoms with Crippen LogP contribution in [0.3, 0.4) is 0 Å². The van der Waals surface area contributed by atoms with Crippen LogP contribution in [0.1, 0.15) is 32.3 Å². The molecule has 4 nitrogen and oxygen atoms in total. The quantitative estimate of drug-likeness (QED) is 0.868. The lowest BCUT2D eigenvalue weighted by Gasteiger charge is -2.29. The number of carboxylic acids is 1. The molecular formula is C16H21NO3. The van der Waals surface area contributed by atoms with Crippen LogP contribution in [0.2, 0.25) is 0 Å². The topological polar surface area (TPSA) is 57.6 Å². The number of benzene rings is 1. The van der Waals surface area contributed by atoms with Crippen LogP contribution in [-0.2, 0) is 16.1 Å². The van der Waals surface area contributed by atoms with E-state index in [1.807, 2.05) is 49.1 Å². The molecule has 1 N–H and O–H groups in total. The van der Waals surface area contributed by atoms with Gasteiger partial charge >= 0.3 is 5.97 Å². The predicted octanol–water partition coefficient (Wildman–Crippen LogP) is 2.53. The molecule has 1 fully saturated rings. The Hall–Kier alpha value is -1.84. The zero-order valence-corrected chi connectivity index (χ0v) is 12.0. The van der Waals surface area contributed by atoms with Crippen LogP contribution in [0.5, 0.6) is 0 Å². The molecule has 0 aromatic heterocycles. The highest BCUT2D eigenvalue weighted by molar-refractivity contribution is 5.89. The van der Waals surface area contributed by atoms with Crippen molar-refractivity contribution in [3.05, 3.63) is 35.9 Å². The molecule has 0 spiro atoms. The van der Waals surface area contributed by atoms with E-state index in [0.717, 1.165) is 12.0 Å². The van der Waals surface area contributed by atoms with Gasteiger partial charge in [-0.3, -0.25) is 9.59 Å². The van der Waals surface area contributed by atoms with E-state index in [0.29, 0.717) is 13.0 Å². The molecule has 3 atom stereocenters. The first-order chi connectivity index (χ1) is 9.54. The van der Waals surface area contributed by atoms with Gasteiger partial charge in [0, 0.05) is 12.6 Å². The third-order valence-electron chi connectivity index (χ3n) is 4.03. The zero-order valence-electron chi connectivity index (χ0n) is 12.0. The number of hydrogen-bond donors (Lipinski definition) is 1. The molecule has 1 amide bonds. The normalized spacial score (nSPS) is 22.1. The molecule has 0 radical (unpaired) electrons. The minimum absolute atomic E-state index is 0.0180. The summed E-state index contributed by atoms with van der Waals surface area (Å²) in [5.41, 5.74) is 1.08. The lowest BCUT2D eigenvalue weighted by molar-refractivity contribution is -0.143. The molecule has 2 rings (SSSR count). The second-order valence-electron chi connectivity index (χ2n) is 5.50. The largest absolute Gasteiger partial charge is 0.481 e. The van der Waals surface area contributed by atoms with Crippen molar-refractivity contribution in [2.45, 2.75) is 39.3 Å². The molecule has 3 unspecified atom stereocenters. The second kappa shape index (κ2) is 6.07. The maximum atomic E-state index is 12.5. The van der Waals surface area contributed by atoms with Crippen LogP contribution in [0.4, 0.5) is 0 Å². The summed E-state index contributed by atoms with van der Waals surface area (Å²) in [4.78, 5) is 25.2. The fourth-order valence-electron chi connectivity index (χ4n) is 2.41. The summed E-state index contributed by atoms with van der Waals surface area (Å²) in [6.07, 6.45) is 1.35. The van der Waals surface area contributed by atoms with Crippen molar-refractivity contribution in [2.75, 3.05) is 0 Å². The van der Waals surface area contributed by atoms with E-state index in [1.165, 1.54) is 0 Å². The maximum Gasteiger partial charge on any atom is 0.307 e. The first-order valence-corrected chi connectivity index (χ1v) is 7.11. The average Bonchev–Trinajstić information content (AvgIpc) is 3.25. The standard InChI is InChI=1S/C16H21NO3/c1-3-11(2)17(10-12-7-5-4-6-8-12)15(18)13-9-14(13)16(19)20/h4-8,11,13-14H,3,9-10H2,1-2H3,(H,19,20). The monoisotopic (exact) mass is 275 g/mol. The van der Waals surface area contributed by atoms with Crippen molar-refractivity contribution in [2.24, 2.45) is 11.8 Å². The molecule has 108 valence electrons. The summed E-state index contributed by atoms with van der Waals surface area (Å²) in [6.45, 7) is 4.61. The molecular weight excluding hydrogens is 254 g/mol. The minimum atomic E-state index is -0.854. The second-order valence-corrected chi connectivity index (χ2v) is 5.50. The highest BCUT2D eigenvalue weighted by Crippen LogP contribution is 2.40. The average molecular weight is 275 g/mol. The molecule has 0 saturated heterocycles. The van der Waals surface area contributed by atoms with Crippen LogP contribution in [-0.4, -0.2) is 27.9 Å². The number of aliphatic carboxylic acids is 1. The Bertz CT molecular complexity index is 486. The van der Waals surface area contributed by atoms with Gasteiger partial charge in [0.25, 0.3) is 0 Å². The predicted molar refractivity (Wildman–Crippen MR) is 76.0 cm³/mol. The van der Waals surface area contributed by atoms with Crippen LogP contribution >= 0.6 is 0 Å². The van der Waals surface area contributed by atoms with E-state index in [9.17, 15) is 9.59 Å². The summed E-state index contributed by atoms with van der Waals surface area (Å²) < 4.78 is 0. The lowest BCUT2D eigenvalue weighted by Crippen LogP contribution is -2.39. The van der Waals surface area contributed by atoms with Crippen LogP contribution < -0.4 is 0 Å². The third kappa shape index (κ3) is 3.18. The Balaban J connectivity index is 2.08. The number of carboxylic acid groups (broad SMARTS) is 1. The summed E-state index contributed by atoms with van der Waals surface area (Å²) >= 11 is 0. The van der Waals surface area contributed by atoms with Crippen molar-refractivity contribution >= 4 is 11.9 Å². The molecule has 1 aromatic carbocycles. The van der Waals surface area contributed by atoms with Crippen LogP contribution in [0.15, 0.2) is 30.3 Å². The molecule has 1 aliphatic rings. The van der Waals surface area contributed by atoms with Crippen molar-refractivity contribution in [1.29, 1.82) is 0 Å². The summed E-state index contributed by atoms with van der Waals surface area (Å²) in [7, 11) is 0. The van der Waals surface area contributed by atoms with Gasteiger partial charge in [0.15, 0.2) is 0 Å². The molecule has 0 aliphatic heterocycles. The molecule has 1 aliphatic carbocycles. The zero-order chi connectivity index (χ0) is 14.7. The fourth-order valence-corrected chi connectivity index (χ4v) is 2.41. The summed E-state index contributed by atoms with van der Waals surface area (Å²) in [5.74, 6) is -1.68. The maximum absolute atomic E-state index is 12.5. The summed E-state index contributed by atoms with van der Waals surface area (Å²) in [5, 5.41) is 8.97. The SMILES string of the molecule is CCC(C)N(Cc1ccccc1)C(=O)C1CC1C(=O)O. The Kier molecular flexibility index (Phi) is 4.42. The number of carbonyl (C=O) groups is 2. The first-order valence-electron chi connectivity index (χ1n) is 7.11. The Morgan fingerprint density at radius 1 is 1.30 bits per heavy atom. The molecule has 4 heteroatoms. The van der Waals surface area contributed by atoms with Gasteiger partial charge in [0.2, 0.25) is 5.91 Å². The van der Waals surface area contributed by atoms with Crippen molar-refractivity contribution < 1.29 is 14.7 Å². The van der Waals surface area contributed by atoms with Gasteiger partial charge in [0.1, 0.15) is 0 Å². The number of hydrogen-bond acceptors (Lipinski definition) is 2. The molecule has 1 saturated carbocycles. The highest BCUT2D eigenvalue weighted by atomic mass is 16.4. The number of nitrogens with zero attached hydrogens (tertiary/aromatic N) is 1. The van der Waals surface area contributed by atoms with Gasteiger partial charge in [-0.05, 0) is 25.3 Å². The van der Waals surface area contributed by atoms with Gasteiger partial charge < -0.3 is 10.0 Å². The third-order valence-corrected chi connectivity index (χ3v) is 4.03. The number of rotatable bonds is 6. The Labute approximate surface area is 119 Å².